The molecule has 2 rings (SSSR count). The summed E-state index contributed by atoms with van der Waals surface area (Å²) in [6, 6.07) is 7.06. The largest absolute Gasteiger partial charge is 0.479 e. The molecule has 0 spiro atoms. The molecule has 0 aliphatic heterocycles. The van der Waals surface area contributed by atoms with E-state index in [-0.39, 0.29) is 18.6 Å². The fourth-order valence-electron chi connectivity index (χ4n) is 3.12. The van der Waals surface area contributed by atoms with Crippen LogP contribution in [0, 0.1) is 5.41 Å². The van der Waals surface area contributed by atoms with Crippen molar-refractivity contribution in [1.29, 1.82) is 0 Å². The lowest BCUT2D eigenvalue weighted by Crippen LogP contribution is -2.69. The van der Waals surface area contributed by atoms with E-state index in [0.717, 1.165) is 0 Å². The van der Waals surface area contributed by atoms with Crippen molar-refractivity contribution >= 4 is 17.5 Å². The first-order chi connectivity index (χ1) is 11.7. The molecule has 1 aromatic rings. The van der Waals surface area contributed by atoms with E-state index in [0.29, 0.717) is 30.2 Å². The van der Waals surface area contributed by atoms with Gasteiger partial charge in [0.05, 0.1) is 16.7 Å². The van der Waals surface area contributed by atoms with Gasteiger partial charge in [0, 0.05) is 25.0 Å². The summed E-state index contributed by atoms with van der Waals surface area (Å²) in [7, 11) is 0. The maximum atomic E-state index is 12.5. The van der Waals surface area contributed by atoms with Gasteiger partial charge in [0.2, 0.25) is 0 Å². The Kier molecular flexibility index (Phi) is 6.35. The molecule has 1 amide bonds. The fourth-order valence-corrected chi connectivity index (χ4v) is 3.31. The molecule has 0 saturated heterocycles. The van der Waals surface area contributed by atoms with Crippen LogP contribution in [-0.2, 0) is 9.53 Å². The number of hydrogen-bond acceptors (Lipinski definition) is 4. The van der Waals surface area contributed by atoms with Crippen LogP contribution in [0.4, 0.5) is 0 Å². The number of rotatable bonds is 8. The summed E-state index contributed by atoms with van der Waals surface area (Å²) in [5.41, 5.74) is -1.40. The summed E-state index contributed by atoms with van der Waals surface area (Å²) in [5, 5.41) is 14.1. The first kappa shape index (κ1) is 20.0. The zero-order valence-corrected chi connectivity index (χ0v) is 16.1. The Morgan fingerprint density at radius 2 is 2.08 bits per heavy atom. The number of halogens is 1. The van der Waals surface area contributed by atoms with Gasteiger partial charge in [-0.1, -0.05) is 44.5 Å². The van der Waals surface area contributed by atoms with Crippen molar-refractivity contribution in [2.75, 3.05) is 13.2 Å². The predicted octanol–water partition coefficient (Wildman–Crippen LogP) is 3.18. The van der Waals surface area contributed by atoms with Gasteiger partial charge in [-0.2, -0.15) is 0 Å². The van der Waals surface area contributed by atoms with Crippen LogP contribution in [0.2, 0.25) is 5.02 Å². The Hall–Kier alpha value is -1.30. The highest BCUT2D eigenvalue weighted by Crippen LogP contribution is 2.50. The second-order valence-electron chi connectivity index (χ2n) is 7.06. The van der Waals surface area contributed by atoms with Gasteiger partial charge < -0.3 is 19.9 Å². The molecule has 1 aromatic carbocycles. The van der Waals surface area contributed by atoms with Crippen LogP contribution in [0.15, 0.2) is 24.3 Å². The molecule has 1 aliphatic carbocycles. The molecule has 0 heterocycles. The number of carbonyl (C=O) groups is 1. The molecule has 0 bridgehead atoms. The maximum absolute atomic E-state index is 12.5. The number of hydrogen-bond donors (Lipinski definition) is 2. The van der Waals surface area contributed by atoms with Crippen molar-refractivity contribution in [1.82, 2.24) is 5.32 Å². The second-order valence-corrected chi connectivity index (χ2v) is 7.47. The summed E-state index contributed by atoms with van der Waals surface area (Å²) >= 11 is 6.08. The molecular weight excluding hydrogens is 342 g/mol. The number of para-hydroxylation sites is 1. The lowest BCUT2D eigenvalue weighted by molar-refractivity contribution is -0.238. The summed E-state index contributed by atoms with van der Waals surface area (Å²) in [5.74, 6) is 0.219. The molecule has 0 radical (unpaired) electrons. The topological polar surface area (TPSA) is 67.8 Å². The number of ether oxygens (including phenoxy) is 2. The van der Waals surface area contributed by atoms with Gasteiger partial charge in [-0.25, -0.2) is 0 Å². The Morgan fingerprint density at radius 3 is 2.64 bits per heavy atom. The summed E-state index contributed by atoms with van der Waals surface area (Å²) < 4.78 is 11.4. The van der Waals surface area contributed by atoms with Crippen molar-refractivity contribution in [3.8, 4) is 5.75 Å². The van der Waals surface area contributed by atoms with Gasteiger partial charge >= 0.3 is 0 Å². The van der Waals surface area contributed by atoms with Crippen LogP contribution < -0.4 is 10.1 Å². The minimum absolute atomic E-state index is 0.000694. The molecule has 2 N–H and O–H groups in total. The standard InChI is InChI=1S/C19H28ClNO4/c1-5-14(25-15-10-8-7-9-13(15)20)17(22)21-12-19(23)11-16(24-6-2)18(19,3)4/h7-10,14,16,23H,5-6,11-12H2,1-4H3,(H,21,22). The second kappa shape index (κ2) is 7.94. The molecular formula is C19H28ClNO4. The molecule has 140 valence electrons. The Balaban J connectivity index is 1.93. The average molecular weight is 370 g/mol. The number of benzene rings is 1. The van der Waals surface area contributed by atoms with E-state index in [9.17, 15) is 9.90 Å². The van der Waals surface area contributed by atoms with Gasteiger partial charge in [0.15, 0.2) is 6.10 Å². The van der Waals surface area contributed by atoms with E-state index in [1.54, 1.807) is 24.3 Å². The van der Waals surface area contributed by atoms with E-state index in [4.69, 9.17) is 21.1 Å². The smallest absolute Gasteiger partial charge is 0.261 e. The zero-order chi connectivity index (χ0) is 18.7. The molecule has 3 unspecified atom stereocenters. The third kappa shape index (κ3) is 4.10. The number of nitrogens with one attached hydrogen (secondary N) is 1. The zero-order valence-electron chi connectivity index (χ0n) is 15.3. The maximum Gasteiger partial charge on any atom is 0.261 e. The van der Waals surface area contributed by atoms with E-state index >= 15 is 0 Å². The first-order valence-electron chi connectivity index (χ1n) is 8.78. The summed E-state index contributed by atoms with van der Waals surface area (Å²) in [6.45, 7) is 8.51. The van der Waals surface area contributed by atoms with Crippen LogP contribution >= 0.6 is 11.6 Å². The quantitative estimate of drug-likeness (QED) is 0.738. The van der Waals surface area contributed by atoms with Crippen molar-refractivity contribution in [2.45, 2.75) is 58.3 Å². The van der Waals surface area contributed by atoms with E-state index in [2.05, 4.69) is 5.32 Å². The average Bonchev–Trinajstić information content (AvgIpc) is 2.58. The van der Waals surface area contributed by atoms with E-state index in [1.165, 1.54) is 0 Å². The fraction of sp³-hybridized carbons (Fsp3) is 0.632. The Labute approximate surface area is 154 Å². The molecule has 1 saturated carbocycles. The van der Waals surface area contributed by atoms with Gasteiger partial charge in [-0.3, -0.25) is 4.79 Å². The molecule has 3 atom stereocenters. The van der Waals surface area contributed by atoms with Gasteiger partial charge in [0.25, 0.3) is 5.91 Å². The molecule has 0 aromatic heterocycles. The molecule has 25 heavy (non-hydrogen) atoms. The number of amides is 1. The van der Waals surface area contributed by atoms with Crippen LogP contribution in [-0.4, -0.2) is 42.0 Å². The van der Waals surface area contributed by atoms with Crippen LogP contribution in [0.3, 0.4) is 0 Å². The van der Waals surface area contributed by atoms with Crippen LogP contribution in [0.25, 0.3) is 0 Å². The van der Waals surface area contributed by atoms with E-state index in [1.807, 2.05) is 27.7 Å². The van der Waals surface area contributed by atoms with Crippen molar-refractivity contribution in [3.05, 3.63) is 29.3 Å². The lowest BCUT2D eigenvalue weighted by atomic mass is 9.56. The third-order valence-corrected chi connectivity index (χ3v) is 5.53. The monoisotopic (exact) mass is 369 g/mol. The van der Waals surface area contributed by atoms with E-state index < -0.39 is 17.1 Å². The minimum atomic E-state index is -0.981. The number of carbonyl (C=O) groups excluding carboxylic acids is 1. The molecule has 6 heteroatoms. The van der Waals surface area contributed by atoms with Gasteiger partial charge in [-0.05, 0) is 25.5 Å². The van der Waals surface area contributed by atoms with Crippen molar-refractivity contribution in [3.63, 3.8) is 0 Å². The minimum Gasteiger partial charge on any atom is -0.479 e. The first-order valence-corrected chi connectivity index (χ1v) is 9.15. The highest BCUT2D eigenvalue weighted by atomic mass is 35.5. The van der Waals surface area contributed by atoms with Crippen molar-refractivity contribution in [2.24, 2.45) is 5.41 Å². The predicted molar refractivity (Wildman–Crippen MR) is 97.9 cm³/mol. The number of aliphatic hydroxyl groups is 1. The Bertz CT molecular complexity index is 607. The third-order valence-electron chi connectivity index (χ3n) is 5.22. The van der Waals surface area contributed by atoms with Gasteiger partial charge in [-0.15, -0.1) is 0 Å². The molecule has 5 nitrogen and oxygen atoms in total. The Morgan fingerprint density at radius 1 is 1.40 bits per heavy atom. The van der Waals surface area contributed by atoms with Crippen molar-refractivity contribution < 1.29 is 19.4 Å². The van der Waals surface area contributed by atoms with Crippen LogP contribution in [0.1, 0.15) is 40.5 Å². The SMILES string of the molecule is CCOC1CC(O)(CNC(=O)C(CC)Oc2ccccc2Cl)C1(C)C. The highest BCUT2D eigenvalue weighted by Gasteiger charge is 2.60. The molecule has 1 aliphatic rings. The summed E-state index contributed by atoms with van der Waals surface area (Å²) in [4.78, 5) is 12.5. The van der Waals surface area contributed by atoms with Gasteiger partial charge in [0.1, 0.15) is 5.75 Å². The van der Waals surface area contributed by atoms with Crippen LogP contribution in [0.5, 0.6) is 5.75 Å². The molecule has 1 fully saturated rings. The summed E-state index contributed by atoms with van der Waals surface area (Å²) in [6.07, 6.45) is 0.353. The lowest BCUT2D eigenvalue weighted by Gasteiger charge is -2.58. The highest BCUT2D eigenvalue weighted by molar-refractivity contribution is 6.32. The normalized spacial score (nSPS) is 25.8.